The van der Waals surface area contributed by atoms with Crippen LogP contribution in [0.5, 0.6) is 11.5 Å². The van der Waals surface area contributed by atoms with Crippen LogP contribution >= 0.6 is 0 Å². The fraction of sp³-hybridized carbons (Fsp3) is 0.0476. The number of hydrazone groups is 1. The van der Waals surface area contributed by atoms with Crippen LogP contribution < -0.4 is 5.32 Å². The summed E-state index contributed by atoms with van der Waals surface area (Å²) in [7, 11) is 0. The first-order chi connectivity index (χ1) is 13.1. The lowest BCUT2D eigenvalue weighted by atomic mass is 10.0. The van der Waals surface area contributed by atoms with Gasteiger partial charge in [-0.15, -0.1) is 0 Å². The Balaban J connectivity index is 1.73. The van der Waals surface area contributed by atoms with Gasteiger partial charge in [0.25, 0.3) is 5.91 Å². The van der Waals surface area contributed by atoms with Crippen LogP contribution in [-0.2, 0) is 0 Å². The molecule has 1 heterocycles. The average molecular weight is 359 g/mol. The summed E-state index contributed by atoms with van der Waals surface area (Å²) >= 11 is 0. The molecule has 6 nitrogen and oxygen atoms in total. The highest BCUT2D eigenvalue weighted by Crippen LogP contribution is 2.33. The van der Waals surface area contributed by atoms with Gasteiger partial charge < -0.3 is 15.5 Å². The number of carbonyl (C=O) groups is 1. The first kappa shape index (κ1) is 16.7. The lowest BCUT2D eigenvalue weighted by molar-refractivity contribution is 0.0691. The number of phenols is 2. The fourth-order valence-corrected chi connectivity index (χ4v) is 2.93. The van der Waals surface area contributed by atoms with E-state index in [1.54, 1.807) is 66.9 Å². The van der Waals surface area contributed by atoms with Gasteiger partial charge in [-0.25, -0.2) is 5.01 Å². The zero-order valence-electron chi connectivity index (χ0n) is 14.3. The van der Waals surface area contributed by atoms with Gasteiger partial charge in [-0.05, 0) is 59.7 Å². The molecule has 3 aromatic carbocycles. The minimum atomic E-state index is -0.513. The van der Waals surface area contributed by atoms with Gasteiger partial charge in [0.15, 0.2) is 6.17 Å². The Hall–Kier alpha value is -3.80. The number of nitrogens with zero attached hydrogens (tertiary/aromatic N) is 2. The van der Waals surface area contributed by atoms with Crippen molar-refractivity contribution >= 4 is 17.8 Å². The number of hydrogen-bond donors (Lipinski definition) is 3. The van der Waals surface area contributed by atoms with E-state index in [1.807, 2.05) is 12.1 Å². The van der Waals surface area contributed by atoms with E-state index in [2.05, 4.69) is 10.4 Å². The van der Waals surface area contributed by atoms with Gasteiger partial charge in [0.1, 0.15) is 11.5 Å². The maximum Gasteiger partial charge on any atom is 0.278 e. The summed E-state index contributed by atoms with van der Waals surface area (Å²) in [6.45, 7) is 0. The highest BCUT2D eigenvalue weighted by molar-refractivity contribution is 6.02. The van der Waals surface area contributed by atoms with E-state index in [1.165, 1.54) is 5.01 Å². The summed E-state index contributed by atoms with van der Waals surface area (Å²) in [6.07, 6.45) is 1.06. The van der Waals surface area contributed by atoms with Crippen LogP contribution in [0.1, 0.15) is 27.7 Å². The number of para-hydroxylation sites is 1. The number of fused-ring (bicyclic) bond motifs is 1. The summed E-state index contributed by atoms with van der Waals surface area (Å²) in [4.78, 5) is 13.0. The SMILES string of the molecule is O=C1c2ccccc2N[C@H](c2ccc(O)cc2)N1/N=C/c1ccc(O)cc1. The quantitative estimate of drug-likeness (QED) is 0.623. The van der Waals surface area contributed by atoms with Gasteiger partial charge in [0.2, 0.25) is 0 Å². The summed E-state index contributed by atoms with van der Waals surface area (Å²) in [5, 5.41) is 28.1. The first-order valence-electron chi connectivity index (χ1n) is 8.43. The van der Waals surface area contributed by atoms with Gasteiger partial charge in [-0.3, -0.25) is 4.79 Å². The number of amides is 1. The predicted molar refractivity (Wildman–Crippen MR) is 103 cm³/mol. The Kier molecular flexibility index (Phi) is 4.22. The molecule has 3 N–H and O–H groups in total. The van der Waals surface area contributed by atoms with Crippen LogP contribution in [0.3, 0.4) is 0 Å². The molecule has 0 aliphatic carbocycles. The Bertz CT molecular complexity index is 998. The van der Waals surface area contributed by atoms with Crippen molar-refractivity contribution in [2.24, 2.45) is 5.10 Å². The number of phenolic OH excluding ortho intramolecular Hbond substituents is 2. The molecule has 0 unspecified atom stereocenters. The number of benzene rings is 3. The van der Waals surface area contributed by atoms with Crippen LogP contribution in [0, 0.1) is 0 Å². The molecule has 6 heteroatoms. The molecule has 1 atom stereocenters. The largest absolute Gasteiger partial charge is 0.508 e. The molecule has 1 aliphatic heterocycles. The highest BCUT2D eigenvalue weighted by Gasteiger charge is 2.32. The van der Waals surface area contributed by atoms with E-state index in [-0.39, 0.29) is 17.4 Å². The Morgan fingerprint density at radius 2 is 1.52 bits per heavy atom. The fourth-order valence-electron chi connectivity index (χ4n) is 2.93. The molecule has 0 fully saturated rings. The van der Waals surface area contributed by atoms with Gasteiger partial charge in [0, 0.05) is 5.69 Å². The van der Waals surface area contributed by atoms with Crippen molar-refractivity contribution in [2.75, 3.05) is 5.32 Å². The number of nitrogens with one attached hydrogen (secondary N) is 1. The Morgan fingerprint density at radius 1 is 0.889 bits per heavy atom. The monoisotopic (exact) mass is 359 g/mol. The summed E-state index contributed by atoms with van der Waals surface area (Å²) in [5.41, 5.74) is 2.81. The van der Waals surface area contributed by atoms with Gasteiger partial charge in [-0.2, -0.15) is 5.10 Å². The van der Waals surface area contributed by atoms with Crippen LogP contribution in [0.15, 0.2) is 77.9 Å². The van der Waals surface area contributed by atoms with Gasteiger partial charge >= 0.3 is 0 Å². The molecule has 27 heavy (non-hydrogen) atoms. The molecule has 0 spiro atoms. The Morgan fingerprint density at radius 3 is 2.22 bits per heavy atom. The molecule has 134 valence electrons. The van der Waals surface area contributed by atoms with E-state index >= 15 is 0 Å². The van der Waals surface area contributed by atoms with Crippen LogP contribution in [0.2, 0.25) is 0 Å². The maximum absolute atomic E-state index is 13.0. The molecule has 0 radical (unpaired) electrons. The lowest BCUT2D eigenvalue weighted by Crippen LogP contribution is -2.39. The third kappa shape index (κ3) is 3.32. The lowest BCUT2D eigenvalue weighted by Gasteiger charge is -2.34. The molecule has 0 bridgehead atoms. The molecule has 0 saturated heterocycles. The molecular formula is C21H17N3O3. The molecule has 3 aromatic rings. The van der Waals surface area contributed by atoms with E-state index in [9.17, 15) is 15.0 Å². The molecule has 1 aliphatic rings. The normalized spacial score (nSPS) is 16.2. The standard InChI is InChI=1S/C21H17N3O3/c25-16-9-5-14(6-10-16)13-22-24-20(15-7-11-17(26)12-8-15)23-19-4-2-1-3-18(19)21(24)27/h1-13,20,23,25-26H/b22-13+/t20-/m0/s1. The zero-order valence-corrected chi connectivity index (χ0v) is 14.3. The van der Waals surface area contributed by atoms with Crippen molar-refractivity contribution in [2.45, 2.75) is 6.17 Å². The first-order valence-corrected chi connectivity index (χ1v) is 8.43. The minimum absolute atomic E-state index is 0.153. The van der Waals surface area contributed by atoms with Crippen molar-refractivity contribution in [1.82, 2.24) is 5.01 Å². The highest BCUT2D eigenvalue weighted by atomic mass is 16.3. The number of anilines is 1. The van der Waals surface area contributed by atoms with Gasteiger partial charge in [0.05, 0.1) is 11.8 Å². The van der Waals surface area contributed by atoms with Crippen LogP contribution in [-0.4, -0.2) is 27.3 Å². The summed E-state index contributed by atoms with van der Waals surface area (Å²) in [6, 6.07) is 20.5. The smallest absolute Gasteiger partial charge is 0.278 e. The summed E-state index contributed by atoms with van der Waals surface area (Å²) in [5.74, 6) is 0.0941. The molecule has 0 saturated carbocycles. The van der Waals surface area contributed by atoms with Crippen molar-refractivity contribution in [3.8, 4) is 11.5 Å². The molecule has 4 rings (SSSR count). The maximum atomic E-state index is 13.0. The number of aromatic hydroxyl groups is 2. The van der Waals surface area contributed by atoms with Gasteiger partial charge in [-0.1, -0.05) is 24.3 Å². The number of hydrogen-bond acceptors (Lipinski definition) is 5. The van der Waals surface area contributed by atoms with Crippen molar-refractivity contribution in [3.63, 3.8) is 0 Å². The number of rotatable bonds is 3. The second-order valence-electron chi connectivity index (χ2n) is 6.17. The third-order valence-corrected chi connectivity index (χ3v) is 4.34. The van der Waals surface area contributed by atoms with Crippen molar-refractivity contribution in [1.29, 1.82) is 0 Å². The van der Waals surface area contributed by atoms with E-state index in [0.29, 0.717) is 5.56 Å². The van der Waals surface area contributed by atoms with E-state index < -0.39 is 6.17 Å². The molecular weight excluding hydrogens is 342 g/mol. The van der Waals surface area contributed by atoms with Crippen molar-refractivity contribution in [3.05, 3.63) is 89.5 Å². The molecule has 1 amide bonds. The zero-order chi connectivity index (χ0) is 18.8. The van der Waals surface area contributed by atoms with Crippen LogP contribution in [0.4, 0.5) is 5.69 Å². The second-order valence-corrected chi connectivity index (χ2v) is 6.17. The van der Waals surface area contributed by atoms with Crippen molar-refractivity contribution < 1.29 is 15.0 Å². The second kappa shape index (κ2) is 6.84. The summed E-state index contributed by atoms with van der Waals surface area (Å²) < 4.78 is 0. The average Bonchev–Trinajstić information content (AvgIpc) is 2.69. The van der Waals surface area contributed by atoms with E-state index in [0.717, 1.165) is 16.8 Å². The Labute approximate surface area is 156 Å². The van der Waals surface area contributed by atoms with E-state index in [4.69, 9.17) is 0 Å². The number of carbonyl (C=O) groups excluding carboxylic acids is 1. The third-order valence-electron chi connectivity index (χ3n) is 4.34. The topological polar surface area (TPSA) is 85.2 Å². The minimum Gasteiger partial charge on any atom is -0.508 e. The molecule has 0 aromatic heterocycles. The van der Waals surface area contributed by atoms with Crippen LogP contribution in [0.25, 0.3) is 0 Å². The predicted octanol–water partition coefficient (Wildman–Crippen LogP) is 3.70.